The lowest BCUT2D eigenvalue weighted by atomic mass is 9.96. The van der Waals surface area contributed by atoms with Crippen molar-refractivity contribution in [3.63, 3.8) is 0 Å². The van der Waals surface area contributed by atoms with Crippen molar-refractivity contribution in [3.05, 3.63) is 93.3 Å². The van der Waals surface area contributed by atoms with E-state index in [1.54, 1.807) is 31.3 Å². The summed E-state index contributed by atoms with van der Waals surface area (Å²) in [6, 6.07) is 10.5. The lowest BCUT2D eigenvalue weighted by Gasteiger charge is -2.16. The molecule has 1 aromatic heterocycles. The lowest BCUT2D eigenvalue weighted by molar-refractivity contribution is 0.0599. The van der Waals surface area contributed by atoms with Gasteiger partial charge in [0.15, 0.2) is 0 Å². The molecule has 0 spiro atoms. The molecule has 0 fully saturated rings. The molecule has 0 saturated carbocycles. The van der Waals surface area contributed by atoms with Crippen LogP contribution in [0.3, 0.4) is 0 Å². The van der Waals surface area contributed by atoms with Crippen LogP contribution in [0.5, 0.6) is 5.75 Å². The number of ether oxygens (including phenoxy) is 2. The maximum absolute atomic E-state index is 14.1. The van der Waals surface area contributed by atoms with Gasteiger partial charge in [-0.15, -0.1) is 0 Å². The second-order valence-corrected chi connectivity index (χ2v) is 8.26. The summed E-state index contributed by atoms with van der Waals surface area (Å²) in [5, 5.41) is 0.543. The van der Waals surface area contributed by atoms with E-state index in [4.69, 9.17) is 21.1 Å². The summed E-state index contributed by atoms with van der Waals surface area (Å²) in [4.78, 5) is 16.5. The highest BCUT2D eigenvalue weighted by molar-refractivity contribution is 6.30. The molecule has 0 amide bonds. The van der Waals surface area contributed by atoms with Crippen molar-refractivity contribution in [2.45, 2.75) is 32.8 Å². The van der Waals surface area contributed by atoms with E-state index in [2.05, 4.69) is 4.98 Å². The number of allylic oxidation sites excluding steroid dienone is 2. The van der Waals surface area contributed by atoms with E-state index < -0.39 is 17.6 Å². The zero-order chi connectivity index (χ0) is 23.5. The molecule has 0 aliphatic heterocycles. The summed E-state index contributed by atoms with van der Waals surface area (Å²) in [5.41, 5.74) is 4.99. The fourth-order valence-corrected chi connectivity index (χ4v) is 4.20. The Bertz CT molecular complexity index is 1260. The maximum atomic E-state index is 14.1. The Morgan fingerprint density at radius 3 is 2.64 bits per heavy atom. The second kappa shape index (κ2) is 9.71. The van der Waals surface area contributed by atoms with Crippen LogP contribution in [0, 0.1) is 18.6 Å². The van der Waals surface area contributed by atoms with Gasteiger partial charge in [-0.2, -0.15) is 0 Å². The van der Waals surface area contributed by atoms with Crippen molar-refractivity contribution in [2.75, 3.05) is 7.11 Å². The molecule has 1 aliphatic carbocycles. The summed E-state index contributed by atoms with van der Waals surface area (Å²) in [5.74, 6) is -1.18. The average Bonchev–Trinajstić information content (AvgIpc) is 3.28. The van der Waals surface area contributed by atoms with E-state index in [1.165, 1.54) is 19.2 Å². The van der Waals surface area contributed by atoms with E-state index in [0.29, 0.717) is 22.0 Å². The molecule has 0 unspecified atom stereocenters. The van der Waals surface area contributed by atoms with E-state index in [-0.39, 0.29) is 12.2 Å². The normalized spacial score (nSPS) is 13.4. The van der Waals surface area contributed by atoms with Crippen LogP contribution < -0.4 is 4.74 Å². The van der Waals surface area contributed by atoms with Crippen molar-refractivity contribution >= 4 is 28.7 Å². The van der Waals surface area contributed by atoms with E-state index >= 15 is 0 Å². The molecule has 170 valence electrons. The predicted octanol–water partition coefficient (Wildman–Crippen LogP) is 6.78. The van der Waals surface area contributed by atoms with Crippen LogP contribution >= 0.6 is 11.6 Å². The minimum absolute atomic E-state index is 0.0536. The Kier molecular flexibility index (Phi) is 6.75. The molecule has 0 bridgehead atoms. The number of hydrogen-bond donors (Lipinski definition) is 0. The fourth-order valence-electron chi connectivity index (χ4n) is 4.03. The molecule has 4 nitrogen and oxygen atoms in total. The number of rotatable bonds is 6. The molecular formula is C26H22ClF2NO3. The molecule has 0 radical (unpaired) electrons. The molecule has 1 aliphatic rings. The van der Waals surface area contributed by atoms with Gasteiger partial charge in [0.25, 0.3) is 0 Å². The molecule has 2 aromatic carbocycles. The minimum Gasteiger partial charge on any atom is -0.488 e. The first-order valence-electron chi connectivity index (χ1n) is 10.5. The van der Waals surface area contributed by atoms with Crippen LogP contribution in [0.25, 0.3) is 11.1 Å². The van der Waals surface area contributed by atoms with Gasteiger partial charge >= 0.3 is 5.97 Å². The smallest absolute Gasteiger partial charge is 0.339 e. The quantitative estimate of drug-likeness (QED) is 0.373. The van der Waals surface area contributed by atoms with E-state index in [1.807, 2.05) is 6.07 Å². The van der Waals surface area contributed by atoms with Crippen LogP contribution in [0.1, 0.15) is 52.0 Å². The topological polar surface area (TPSA) is 48.4 Å². The first-order chi connectivity index (χ1) is 15.9. The second-order valence-electron chi connectivity index (χ2n) is 7.82. The van der Waals surface area contributed by atoms with Crippen molar-refractivity contribution in [1.29, 1.82) is 0 Å². The van der Waals surface area contributed by atoms with Gasteiger partial charge in [0.2, 0.25) is 0 Å². The summed E-state index contributed by atoms with van der Waals surface area (Å²) in [7, 11) is 1.34. The number of methoxy groups -OCH3 is 1. The zero-order valence-corrected chi connectivity index (χ0v) is 19.0. The van der Waals surface area contributed by atoms with Gasteiger partial charge in [-0.05, 0) is 79.3 Å². The number of aromatic nitrogens is 1. The third-order valence-corrected chi connectivity index (χ3v) is 5.96. The number of esters is 1. The number of aryl methyl sites for hydroxylation is 1. The number of benzene rings is 2. The molecule has 7 heteroatoms. The van der Waals surface area contributed by atoms with Gasteiger partial charge in [0.1, 0.15) is 24.0 Å². The molecule has 33 heavy (non-hydrogen) atoms. The van der Waals surface area contributed by atoms with E-state index in [0.717, 1.165) is 47.6 Å². The van der Waals surface area contributed by atoms with Gasteiger partial charge < -0.3 is 9.47 Å². The summed E-state index contributed by atoms with van der Waals surface area (Å²) in [6.07, 6.45) is 4.27. The van der Waals surface area contributed by atoms with E-state index in [9.17, 15) is 13.6 Å². The molecule has 0 saturated heterocycles. The van der Waals surface area contributed by atoms with Gasteiger partial charge in [-0.25, -0.2) is 13.6 Å². The maximum Gasteiger partial charge on any atom is 0.339 e. The molecule has 3 aromatic rings. The van der Waals surface area contributed by atoms with Crippen molar-refractivity contribution in [2.24, 2.45) is 0 Å². The molecule has 0 atom stereocenters. The number of carbonyl (C=O) groups is 1. The highest BCUT2D eigenvalue weighted by atomic mass is 35.5. The molecular weight excluding hydrogens is 448 g/mol. The number of nitrogens with zero attached hydrogens (tertiary/aromatic N) is 1. The summed E-state index contributed by atoms with van der Waals surface area (Å²) >= 11 is 6.30. The minimum atomic E-state index is -0.660. The number of carbonyl (C=O) groups excluding carboxylic acids is 1. The zero-order valence-electron chi connectivity index (χ0n) is 18.3. The van der Waals surface area contributed by atoms with Crippen LogP contribution in [0.2, 0.25) is 5.02 Å². The standard InChI is InChI=1S/C26H22ClF2NO3/c1-15-22(26(31)32-2)10-17(13-30-15)20-4-3-5-21(20)23-11-18(27)7-9-25(23)33-14-16-6-8-19(28)12-24(16)29/h6-13H,3-5,14H2,1-2H3. The Morgan fingerprint density at radius 1 is 1.09 bits per heavy atom. The van der Waals surface area contributed by atoms with Crippen molar-refractivity contribution < 1.29 is 23.0 Å². The Morgan fingerprint density at radius 2 is 1.88 bits per heavy atom. The molecule has 0 N–H and O–H groups in total. The first kappa shape index (κ1) is 22.9. The molecule has 4 rings (SSSR count). The van der Waals surface area contributed by atoms with Crippen molar-refractivity contribution in [3.8, 4) is 5.75 Å². The van der Waals surface area contributed by atoms with Gasteiger partial charge in [-0.1, -0.05) is 11.6 Å². The van der Waals surface area contributed by atoms with Crippen LogP contribution in [-0.2, 0) is 11.3 Å². The number of pyridine rings is 1. The van der Waals surface area contributed by atoms with Gasteiger partial charge in [0, 0.05) is 28.4 Å². The number of halogens is 3. The Hall–Kier alpha value is -3.25. The highest BCUT2D eigenvalue weighted by Crippen LogP contribution is 2.43. The van der Waals surface area contributed by atoms with Crippen LogP contribution in [-0.4, -0.2) is 18.1 Å². The van der Waals surface area contributed by atoms with Gasteiger partial charge in [-0.3, -0.25) is 4.98 Å². The number of hydrogen-bond acceptors (Lipinski definition) is 4. The lowest BCUT2D eigenvalue weighted by Crippen LogP contribution is -2.06. The Balaban J connectivity index is 1.72. The monoisotopic (exact) mass is 469 g/mol. The highest BCUT2D eigenvalue weighted by Gasteiger charge is 2.23. The SMILES string of the molecule is COC(=O)c1cc(C2=C(c3cc(Cl)ccc3OCc3ccc(F)cc3F)CCC2)cnc1C. The van der Waals surface area contributed by atoms with Gasteiger partial charge in [0.05, 0.1) is 18.4 Å². The Labute approximate surface area is 195 Å². The van der Waals surface area contributed by atoms with Crippen LogP contribution in [0.15, 0.2) is 48.7 Å². The third-order valence-electron chi connectivity index (χ3n) is 5.72. The van der Waals surface area contributed by atoms with Crippen molar-refractivity contribution in [1.82, 2.24) is 4.98 Å². The average molecular weight is 470 g/mol. The van der Waals surface area contributed by atoms with Crippen LogP contribution in [0.4, 0.5) is 8.78 Å². The first-order valence-corrected chi connectivity index (χ1v) is 10.9. The summed E-state index contributed by atoms with van der Waals surface area (Å²) in [6.45, 7) is 1.71. The predicted molar refractivity (Wildman–Crippen MR) is 123 cm³/mol. The summed E-state index contributed by atoms with van der Waals surface area (Å²) < 4.78 is 38.1. The fraction of sp³-hybridized carbons (Fsp3) is 0.231. The molecule has 1 heterocycles. The largest absolute Gasteiger partial charge is 0.488 e. The third kappa shape index (κ3) is 4.91.